The van der Waals surface area contributed by atoms with E-state index in [-0.39, 0.29) is 23.8 Å². The fourth-order valence-electron chi connectivity index (χ4n) is 4.50. The highest BCUT2D eigenvalue weighted by atomic mass is 16.2. The smallest absolute Gasteiger partial charge is 0.244 e. The second-order valence-electron chi connectivity index (χ2n) is 7.91. The molecule has 0 saturated carbocycles. The average molecular weight is 344 g/mol. The molecule has 6 nitrogen and oxygen atoms in total. The number of nitrogens with zero attached hydrogens (tertiary/aromatic N) is 4. The van der Waals surface area contributed by atoms with Crippen LogP contribution in [-0.4, -0.2) is 71.8 Å². The number of likely N-dealkylation sites (tertiary alicyclic amines) is 1. The number of piperazine rings is 1. The molecular weight excluding hydrogens is 316 g/mol. The first-order valence-electron chi connectivity index (χ1n) is 9.25. The molecule has 0 N–H and O–H groups in total. The van der Waals surface area contributed by atoms with Crippen molar-refractivity contribution in [3.63, 3.8) is 0 Å². The molecule has 0 radical (unpaired) electrons. The zero-order chi connectivity index (χ0) is 18.1. The van der Waals surface area contributed by atoms with Gasteiger partial charge in [0.05, 0.1) is 11.5 Å². The van der Waals surface area contributed by atoms with Gasteiger partial charge in [0.25, 0.3) is 0 Å². The lowest BCUT2D eigenvalue weighted by atomic mass is 9.76. The van der Waals surface area contributed by atoms with E-state index in [4.69, 9.17) is 5.26 Å². The number of hydrogen-bond donors (Lipinski definition) is 0. The number of carbonyl (C=O) groups is 2. The molecule has 3 rings (SSSR count). The summed E-state index contributed by atoms with van der Waals surface area (Å²) in [5.74, 6) is 0.285. The molecule has 2 fully saturated rings. The predicted molar refractivity (Wildman–Crippen MR) is 94.5 cm³/mol. The van der Waals surface area contributed by atoms with Crippen LogP contribution in [0, 0.1) is 16.7 Å². The van der Waals surface area contributed by atoms with Gasteiger partial charge in [-0.05, 0) is 39.2 Å². The van der Waals surface area contributed by atoms with Crippen LogP contribution in [0.25, 0.3) is 0 Å². The summed E-state index contributed by atoms with van der Waals surface area (Å²) < 4.78 is 0. The first-order chi connectivity index (χ1) is 11.9. The minimum absolute atomic E-state index is 0.0571. The Bertz CT molecular complexity index is 615. The third-order valence-electron chi connectivity index (χ3n) is 6.37. The van der Waals surface area contributed by atoms with E-state index in [2.05, 4.69) is 30.0 Å². The predicted octanol–water partition coefficient (Wildman–Crippen LogP) is 1.39. The third-order valence-corrected chi connectivity index (χ3v) is 6.37. The molecule has 0 bridgehead atoms. The Hall–Kier alpha value is -1.87. The second-order valence-corrected chi connectivity index (χ2v) is 7.91. The van der Waals surface area contributed by atoms with Crippen LogP contribution in [-0.2, 0) is 9.59 Å². The highest BCUT2D eigenvalue weighted by Gasteiger charge is 2.50. The molecule has 2 amide bonds. The van der Waals surface area contributed by atoms with Crippen molar-refractivity contribution in [1.29, 1.82) is 5.26 Å². The minimum Gasteiger partial charge on any atom is -0.342 e. The molecule has 6 heteroatoms. The van der Waals surface area contributed by atoms with E-state index in [9.17, 15) is 9.59 Å². The summed E-state index contributed by atoms with van der Waals surface area (Å²) in [6.45, 7) is 4.85. The lowest BCUT2D eigenvalue weighted by Crippen LogP contribution is -2.68. The quantitative estimate of drug-likeness (QED) is 0.561. The molecule has 1 unspecified atom stereocenters. The normalized spacial score (nSPS) is 29.7. The Morgan fingerprint density at radius 2 is 1.92 bits per heavy atom. The Morgan fingerprint density at radius 1 is 1.20 bits per heavy atom. The van der Waals surface area contributed by atoms with Crippen LogP contribution in [0.2, 0.25) is 0 Å². The molecule has 3 aliphatic rings. The van der Waals surface area contributed by atoms with Crippen LogP contribution < -0.4 is 0 Å². The molecule has 2 saturated heterocycles. The molecule has 2 aliphatic heterocycles. The lowest BCUT2D eigenvalue weighted by Gasteiger charge is -2.52. The number of likely N-dealkylation sites (N-methyl/N-ethyl adjacent to an activating group) is 1. The van der Waals surface area contributed by atoms with Gasteiger partial charge < -0.3 is 9.80 Å². The van der Waals surface area contributed by atoms with Gasteiger partial charge in [0.15, 0.2) is 0 Å². The standard InChI is InChI=1S/C19H28N4O2/c1-18(6-4-3-5-7-18)16(24)22-11-8-19(9-12-22)17(25)23(13-10-20)15-14-21(19)2/h3-4H,5-9,11-15H2,1-2H3. The van der Waals surface area contributed by atoms with E-state index in [1.54, 1.807) is 4.90 Å². The number of rotatable bonds is 2. The van der Waals surface area contributed by atoms with Gasteiger partial charge in [-0.1, -0.05) is 19.1 Å². The van der Waals surface area contributed by atoms with Gasteiger partial charge in [0.1, 0.15) is 12.1 Å². The van der Waals surface area contributed by atoms with Crippen LogP contribution >= 0.6 is 0 Å². The Kier molecular flexibility index (Phi) is 4.88. The molecule has 1 spiro atoms. The summed E-state index contributed by atoms with van der Waals surface area (Å²) in [7, 11) is 1.99. The topological polar surface area (TPSA) is 67.7 Å². The van der Waals surface area contributed by atoms with E-state index in [0.29, 0.717) is 32.5 Å². The van der Waals surface area contributed by atoms with Crippen molar-refractivity contribution in [1.82, 2.24) is 14.7 Å². The first-order valence-corrected chi connectivity index (χ1v) is 9.25. The summed E-state index contributed by atoms with van der Waals surface area (Å²) in [5, 5.41) is 8.96. The SMILES string of the molecule is CN1CCN(CC#N)C(=O)C12CCN(C(=O)C1(C)CC=CCC1)CC2. The van der Waals surface area contributed by atoms with Crippen LogP contribution in [0.3, 0.4) is 0 Å². The molecular formula is C19H28N4O2. The van der Waals surface area contributed by atoms with E-state index in [1.807, 2.05) is 11.9 Å². The molecule has 1 aliphatic carbocycles. The third kappa shape index (κ3) is 3.06. The summed E-state index contributed by atoms with van der Waals surface area (Å²) in [4.78, 5) is 31.7. The van der Waals surface area contributed by atoms with Crippen LogP contribution in [0.15, 0.2) is 12.2 Å². The lowest BCUT2D eigenvalue weighted by molar-refractivity contribution is -0.158. The summed E-state index contributed by atoms with van der Waals surface area (Å²) in [6.07, 6.45) is 8.25. The molecule has 136 valence electrons. The Labute approximate surface area is 150 Å². The zero-order valence-corrected chi connectivity index (χ0v) is 15.3. The number of allylic oxidation sites excluding steroid dienone is 2. The van der Waals surface area contributed by atoms with Gasteiger partial charge in [-0.3, -0.25) is 14.5 Å². The van der Waals surface area contributed by atoms with Gasteiger partial charge in [-0.2, -0.15) is 5.26 Å². The molecule has 25 heavy (non-hydrogen) atoms. The van der Waals surface area contributed by atoms with Crippen LogP contribution in [0.1, 0.15) is 39.0 Å². The summed E-state index contributed by atoms with van der Waals surface area (Å²) >= 11 is 0. The van der Waals surface area contributed by atoms with Crippen molar-refractivity contribution in [2.75, 3.05) is 39.8 Å². The van der Waals surface area contributed by atoms with Crippen molar-refractivity contribution in [2.45, 2.75) is 44.6 Å². The van der Waals surface area contributed by atoms with Crippen LogP contribution in [0.4, 0.5) is 0 Å². The zero-order valence-electron chi connectivity index (χ0n) is 15.3. The van der Waals surface area contributed by atoms with E-state index >= 15 is 0 Å². The molecule has 2 heterocycles. The van der Waals surface area contributed by atoms with E-state index in [0.717, 1.165) is 25.8 Å². The maximum Gasteiger partial charge on any atom is 0.244 e. The number of carbonyl (C=O) groups excluding carboxylic acids is 2. The average Bonchev–Trinajstić information content (AvgIpc) is 2.63. The maximum absolute atomic E-state index is 13.0. The Morgan fingerprint density at radius 3 is 2.52 bits per heavy atom. The largest absolute Gasteiger partial charge is 0.342 e. The summed E-state index contributed by atoms with van der Waals surface area (Å²) in [5.41, 5.74) is -0.839. The van der Waals surface area contributed by atoms with E-state index < -0.39 is 5.54 Å². The molecule has 0 aromatic carbocycles. The Balaban J connectivity index is 1.70. The number of hydrogen-bond acceptors (Lipinski definition) is 4. The number of nitriles is 1. The van der Waals surface area contributed by atoms with Crippen molar-refractivity contribution in [2.24, 2.45) is 5.41 Å². The highest BCUT2D eigenvalue weighted by Crippen LogP contribution is 2.38. The van der Waals surface area contributed by atoms with Crippen molar-refractivity contribution in [3.05, 3.63) is 12.2 Å². The minimum atomic E-state index is -0.542. The summed E-state index contributed by atoms with van der Waals surface area (Å²) in [6, 6.07) is 2.10. The molecule has 1 atom stereocenters. The highest BCUT2D eigenvalue weighted by molar-refractivity contribution is 5.88. The van der Waals surface area contributed by atoms with Crippen LogP contribution in [0.5, 0.6) is 0 Å². The monoisotopic (exact) mass is 344 g/mol. The number of piperidine rings is 1. The second kappa shape index (κ2) is 6.80. The first kappa shape index (κ1) is 17.9. The van der Waals surface area contributed by atoms with E-state index in [1.165, 1.54) is 0 Å². The number of amides is 2. The van der Waals surface area contributed by atoms with Gasteiger partial charge >= 0.3 is 0 Å². The van der Waals surface area contributed by atoms with Crippen molar-refractivity contribution >= 4 is 11.8 Å². The fraction of sp³-hybridized carbons (Fsp3) is 0.737. The van der Waals surface area contributed by atoms with Gasteiger partial charge in [0.2, 0.25) is 11.8 Å². The molecule has 0 aromatic rings. The van der Waals surface area contributed by atoms with Gasteiger partial charge in [-0.25, -0.2) is 0 Å². The maximum atomic E-state index is 13.0. The molecule has 0 aromatic heterocycles. The van der Waals surface area contributed by atoms with Gasteiger partial charge in [-0.15, -0.1) is 0 Å². The fourth-order valence-corrected chi connectivity index (χ4v) is 4.50. The van der Waals surface area contributed by atoms with Gasteiger partial charge in [0, 0.05) is 26.2 Å². The van der Waals surface area contributed by atoms with Crippen molar-refractivity contribution < 1.29 is 9.59 Å². The van der Waals surface area contributed by atoms with Crippen molar-refractivity contribution in [3.8, 4) is 6.07 Å².